The first-order valence-corrected chi connectivity index (χ1v) is 25.5. The van der Waals surface area contributed by atoms with Crippen molar-refractivity contribution in [2.45, 2.75) is 173 Å². The topological polar surface area (TPSA) is 198 Å². The van der Waals surface area contributed by atoms with Gasteiger partial charge in [-0.25, -0.2) is 10.1 Å². The molecule has 7 fully saturated rings. The summed E-state index contributed by atoms with van der Waals surface area (Å²) in [5.41, 5.74) is 4.39. The van der Waals surface area contributed by atoms with Gasteiger partial charge in [0.15, 0.2) is 17.2 Å². The van der Waals surface area contributed by atoms with Crippen LogP contribution in [0.4, 0.5) is 0 Å². The van der Waals surface area contributed by atoms with Crippen LogP contribution in [-0.4, -0.2) is 98.3 Å². The number of nitrogens with two attached hydrogens (primary N) is 5. The lowest BCUT2D eigenvalue weighted by atomic mass is 9.55. The lowest BCUT2D eigenvalue weighted by Gasteiger charge is -2.45. The summed E-state index contributed by atoms with van der Waals surface area (Å²) in [7, 11) is 2.15. The molecule has 12 nitrogen and oxygen atoms in total. The molecular weight excluding hydrogens is 781 g/mol. The first-order valence-electron chi connectivity index (χ1n) is 25.5. The molecule has 4 heterocycles. The summed E-state index contributed by atoms with van der Waals surface area (Å²) in [6, 6.07) is 0.328. The molecule has 15 atom stereocenters. The molecule has 0 spiro atoms. The highest BCUT2D eigenvalue weighted by atomic mass is 16.7. The highest BCUT2D eigenvalue weighted by Gasteiger charge is 2.87. The number of carbonyl (C=O) groups is 3. The van der Waals surface area contributed by atoms with Crippen molar-refractivity contribution in [3.63, 3.8) is 0 Å². The average Bonchev–Trinajstić information content (AvgIpc) is 3.97. The van der Waals surface area contributed by atoms with Gasteiger partial charge in [0, 0.05) is 55.3 Å². The molecule has 8 rings (SSSR count). The molecule has 0 amide bonds. The van der Waals surface area contributed by atoms with E-state index in [1.165, 1.54) is 19.3 Å². The quantitative estimate of drug-likeness (QED) is 0.0519. The summed E-state index contributed by atoms with van der Waals surface area (Å²) in [4.78, 5) is 45.8. The van der Waals surface area contributed by atoms with Crippen LogP contribution in [0, 0.1) is 58.7 Å². The van der Waals surface area contributed by atoms with E-state index in [4.69, 9.17) is 15.2 Å². The Morgan fingerprint density at radius 3 is 2.63 bits per heavy atom. The van der Waals surface area contributed by atoms with Gasteiger partial charge >= 0.3 is 5.97 Å². The van der Waals surface area contributed by atoms with Crippen LogP contribution in [0.3, 0.4) is 0 Å². The third-order valence-electron chi connectivity index (χ3n) is 18.1. The Hall–Kier alpha value is -2.03. The van der Waals surface area contributed by atoms with Crippen molar-refractivity contribution in [1.29, 1.82) is 0 Å². The van der Waals surface area contributed by atoms with Crippen LogP contribution >= 0.6 is 0 Å². The van der Waals surface area contributed by atoms with Crippen LogP contribution in [0.2, 0.25) is 0 Å². The molecule has 3 saturated carbocycles. The number of aliphatic hydroxyl groups is 1. The lowest BCUT2D eigenvalue weighted by molar-refractivity contribution is -0.739. The monoisotopic (exact) mass is 867 g/mol. The molecule has 0 aromatic rings. The molecule has 0 radical (unpaired) electrons. The lowest BCUT2D eigenvalue weighted by Crippen LogP contribution is -3.02. The number of carbonyl (C=O) groups excluding carboxylic acids is 3. The second kappa shape index (κ2) is 19.4. The molecule has 4 aliphatic carbocycles. The Bertz CT molecular complexity index is 1680. The average molecular weight is 867 g/mol. The molecule has 12 heteroatoms. The predicted molar refractivity (Wildman–Crippen MR) is 237 cm³/mol. The van der Waals surface area contributed by atoms with Gasteiger partial charge in [-0.2, -0.15) is 0 Å². The minimum atomic E-state index is -1.96. The van der Waals surface area contributed by atoms with Gasteiger partial charge < -0.3 is 35.8 Å². The van der Waals surface area contributed by atoms with E-state index in [2.05, 4.69) is 73.5 Å². The molecule has 15 unspecified atom stereocenters. The van der Waals surface area contributed by atoms with Crippen molar-refractivity contribution in [2.75, 3.05) is 39.9 Å². The van der Waals surface area contributed by atoms with Gasteiger partial charge in [-0.1, -0.05) is 38.0 Å². The number of Topliss-reactive ketones (excluding diaryl/α,β-unsaturated/α-hetero) is 2. The fraction of sp³-hybridized carbons (Fsp3) is 0.860. The number of hydrogen-bond acceptors (Lipinski definition) is 8. The van der Waals surface area contributed by atoms with E-state index in [9.17, 15) is 9.90 Å². The van der Waals surface area contributed by atoms with Crippen LogP contribution in [-0.2, 0) is 23.9 Å². The van der Waals surface area contributed by atoms with Gasteiger partial charge in [-0.3, -0.25) is 15.3 Å². The van der Waals surface area contributed by atoms with Crippen molar-refractivity contribution < 1.29 is 50.2 Å². The molecule has 0 aromatic carbocycles. The van der Waals surface area contributed by atoms with Crippen LogP contribution in [0.5, 0.6) is 0 Å². The number of piperidine rings is 3. The molecule has 62 heavy (non-hydrogen) atoms. The zero-order valence-electron chi connectivity index (χ0n) is 39.1. The summed E-state index contributed by atoms with van der Waals surface area (Å²) in [6.07, 6.45) is 22.0. The number of allylic oxidation sites excluding steroid dienone is 3. The van der Waals surface area contributed by atoms with E-state index in [0.29, 0.717) is 54.4 Å². The molecule has 0 bridgehead atoms. The summed E-state index contributed by atoms with van der Waals surface area (Å²) in [5, 5.41) is 24.3. The second-order valence-corrected chi connectivity index (χ2v) is 22.6. The van der Waals surface area contributed by atoms with Crippen LogP contribution < -0.4 is 32.3 Å². The minimum Gasteiger partial charge on any atom is -0.463 e. The third-order valence-corrected chi connectivity index (χ3v) is 18.1. The van der Waals surface area contributed by atoms with Crippen molar-refractivity contribution in [3.05, 3.63) is 23.3 Å². The summed E-state index contributed by atoms with van der Waals surface area (Å²) in [6.45, 7) is 12.0. The summed E-state index contributed by atoms with van der Waals surface area (Å²) < 4.78 is 13.0. The number of aliphatic hydroxyl groups excluding tert-OH is 1. The van der Waals surface area contributed by atoms with E-state index >= 15 is 9.59 Å². The Morgan fingerprint density at radius 1 is 1.03 bits per heavy atom. The minimum absolute atomic E-state index is 0.00833. The smallest absolute Gasteiger partial charge is 0.350 e. The number of hydrogen-bond donors (Lipinski definition) is 7. The predicted octanol–water partition coefficient (Wildman–Crippen LogP) is 1.14. The highest BCUT2D eigenvalue weighted by molar-refractivity contribution is 6.23. The van der Waals surface area contributed by atoms with Gasteiger partial charge in [-0.15, -0.1) is 0 Å². The number of rotatable bonds is 16. The SMILES string of the molecule is CC[NH2+]C1CC2C=CCCC2CC1COC(=O)C12OC1(CC(CO)=C(C)CCC1CC[NH2+]C3NC([NH2+]C)CCC13)C(=O)C1CCCC(CC(C)(C)CC3CCC(N)[NH2+]C3)C1C2=O. The summed E-state index contributed by atoms with van der Waals surface area (Å²) >= 11 is 0. The maximum absolute atomic E-state index is 15.5. The highest BCUT2D eigenvalue weighted by Crippen LogP contribution is 2.64. The van der Waals surface area contributed by atoms with Gasteiger partial charge in [0.2, 0.25) is 0 Å². The van der Waals surface area contributed by atoms with E-state index < -0.39 is 29.0 Å². The first kappa shape index (κ1) is 46.5. The molecule has 4 saturated heterocycles. The fourth-order valence-electron chi connectivity index (χ4n) is 14.8. The zero-order chi connectivity index (χ0) is 43.8. The third kappa shape index (κ3) is 9.20. The van der Waals surface area contributed by atoms with Crippen molar-refractivity contribution in [2.24, 2.45) is 64.4 Å². The van der Waals surface area contributed by atoms with Gasteiger partial charge in [0.1, 0.15) is 18.5 Å². The van der Waals surface area contributed by atoms with E-state index in [-0.39, 0.29) is 54.6 Å². The van der Waals surface area contributed by atoms with Crippen molar-refractivity contribution >= 4 is 17.5 Å². The molecule has 0 aromatic heterocycles. The van der Waals surface area contributed by atoms with Gasteiger partial charge in [0.05, 0.1) is 45.9 Å². The Balaban J connectivity index is 1.04. The largest absolute Gasteiger partial charge is 0.463 e. The number of nitrogens with one attached hydrogen (secondary N) is 1. The van der Waals surface area contributed by atoms with E-state index in [1.807, 2.05) is 0 Å². The van der Waals surface area contributed by atoms with E-state index in [1.54, 1.807) is 0 Å². The fourth-order valence-corrected chi connectivity index (χ4v) is 14.8. The molecule has 348 valence electrons. The van der Waals surface area contributed by atoms with Gasteiger partial charge in [-0.05, 0) is 126 Å². The Morgan fingerprint density at radius 2 is 1.87 bits per heavy atom. The number of ketones is 2. The Labute approximate surface area is 372 Å². The van der Waals surface area contributed by atoms with Crippen LogP contribution in [0.25, 0.3) is 0 Å². The molecule has 4 aliphatic heterocycles. The van der Waals surface area contributed by atoms with E-state index in [0.717, 1.165) is 108 Å². The number of epoxide rings is 1. The molecular formula is C50H86N6O6+4. The van der Waals surface area contributed by atoms with Crippen LogP contribution in [0.15, 0.2) is 23.3 Å². The molecule has 12 N–H and O–H groups in total. The number of ether oxygens (including phenoxy) is 2. The Kier molecular flexibility index (Phi) is 14.6. The van der Waals surface area contributed by atoms with Gasteiger partial charge in [0.25, 0.3) is 5.60 Å². The summed E-state index contributed by atoms with van der Waals surface area (Å²) in [5.74, 6) is 1.00. The number of esters is 1. The maximum Gasteiger partial charge on any atom is 0.350 e. The van der Waals surface area contributed by atoms with Crippen LogP contribution in [0.1, 0.15) is 137 Å². The van der Waals surface area contributed by atoms with Crippen molar-refractivity contribution in [1.82, 2.24) is 5.32 Å². The second-order valence-electron chi connectivity index (χ2n) is 22.6. The van der Waals surface area contributed by atoms with Crippen molar-refractivity contribution in [3.8, 4) is 0 Å². The first-order chi connectivity index (χ1) is 29.8. The number of quaternary nitrogens is 4. The normalized spacial score (nSPS) is 42.2. The molecule has 8 aliphatic rings. The standard InChI is InChI=1S/C50H82N6O6/c1-6-53-40-23-34-11-8-7-10-33(34)22-36(40)29-61-47(60)50-45(59)43-35(25-48(3,4)24-31-15-18-41(51)55-27-31)12-9-13-39(43)44(58)49(50,62-50)26-37(28-57)30(2)14-16-32-20-21-54-46-38(32)17-19-42(52-5)56-46/h8,11,31-36,38-43,46,52-57H,6-7,9-10,12-29,51H2,1-5H3/p+4. The maximum atomic E-state index is 15.5. The zero-order valence-corrected chi connectivity index (χ0v) is 39.1. The number of fused-ring (bicyclic) bond motifs is 4.